The molecule has 5 nitrogen and oxygen atoms in total. The van der Waals surface area contributed by atoms with Crippen molar-refractivity contribution in [2.24, 2.45) is 5.92 Å². The van der Waals surface area contributed by atoms with E-state index in [0.29, 0.717) is 24.6 Å². The first-order valence-corrected chi connectivity index (χ1v) is 9.12. The summed E-state index contributed by atoms with van der Waals surface area (Å²) >= 11 is 5.49. The van der Waals surface area contributed by atoms with Gasteiger partial charge < -0.3 is 14.4 Å². The van der Waals surface area contributed by atoms with Crippen LogP contribution in [-0.4, -0.2) is 41.7 Å². The van der Waals surface area contributed by atoms with Gasteiger partial charge >= 0.3 is 12.1 Å². The van der Waals surface area contributed by atoms with Gasteiger partial charge in [-0.1, -0.05) is 29.8 Å². The molecule has 1 aromatic carbocycles. The maximum Gasteiger partial charge on any atom is 0.410 e. The second-order valence-electron chi connectivity index (χ2n) is 7.31. The number of alkyl halides is 1. The molecule has 0 aromatic heterocycles. The van der Waals surface area contributed by atoms with Gasteiger partial charge in [0.05, 0.1) is 5.56 Å². The van der Waals surface area contributed by atoms with E-state index >= 15 is 0 Å². The van der Waals surface area contributed by atoms with E-state index in [1.807, 2.05) is 39.0 Å². The maximum absolute atomic E-state index is 12.1. The maximum atomic E-state index is 12.1. The van der Waals surface area contributed by atoms with Gasteiger partial charge in [-0.3, -0.25) is 0 Å². The summed E-state index contributed by atoms with van der Waals surface area (Å²) in [5.74, 6) is 0.0282. The fraction of sp³-hybridized carbons (Fsp3) is 0.579. The highest BCUT2D eigenvalue weighted by Crippen LogP contribution is 2.25. The van der Waals surface area contributed by atoms with Crippen molar-refractivity contribution < 1.29 is 19.1 Å². The van der Waals surface area contributed by atoms with Crippen LogP contribution in [0.15, 0.2) is 24.3 Å². The number of hydrogen-bond donors (Lipinski definition) is 0. The van der Waals surface area contributed by atoms with Crippen molar-refractivity contribution in [2.45, 2.75) is 45.6 Å². The number of carbonyl (C=O) groups excluding carboxylic acids is 2. The van der Waals surface area contributed by atoms with Crippen molar-refractivity contribution >= 4 is 23.7 Å². The summed E-state index contributed by atoms with van der Waals surface area (Å²) in [4.78, 5) is 25.9. The largest absolute Gasteiger partial charge is 0.446 e. The zero-order valence-corrected chi connectivity index (χ0v) is 15.8. The van der Waals surface area contributed by atoms with Crippen LogP contribution >= 0.6 is 11.6 Å². The van der Waals surface area contributed by atoms with E-state index in [2.05, 4.69) is 0 Å². The van der Waals surface area contributed by atoms with E-state index in [0.717, 1.165) is 24.8 Å². The second kappa shape index (κ2) is 8.56. The predicted molar refractivity (Wildman–Crippen MR) is 96.8 cm³/mol. The van der Waals surface area contributed by atoms with E-state index in [1.165, 1.54) is 0 Å². The molecule has 0 atom stereocenters. The molecule has 0 unspecified atom stereocenters. The number of benzene rings is 1. The van der Waals surface area contributed by atoms with Gasteiger partial charge in [0, 0.05) is 13.1 Å². The predicted octanol–water partition coefficient (Wildman–Crippen LogP) is 4.23. The lowest BCUT2D eigenvalue weighted by Crippen LogP contribution is -2.42. The Balaban J connectivity index is 1.92. The molecule has 0 bridgehead atoms. The van der Waals surface area contributed by atoms with Crippen LogP contribution in [0.5, 0.6) is 0 Å². The number of esters is 1. The molecule has 2 rings (SSSR count). The molecule has 1 saturated heterocycles. The van der Waals surface area contributed by atoms with Crippen LogP contribution in [0.3, 0.4) is 0 Å². The summed E-state index contributed by atoms with van der Waals surface area (Å²) in [6, 6.07) is 7.30. The Morgan fingerprint density at radius 3 is 2.44 bits per heavy atom. The van der Waals surface area contributed by atoms with E-state index < -0.39 is 11.6 Å². The van der Waals surface area contributed by atoms with Crippen molar-refractivity contribution in [1.29, 1.82) is 0 Å². The number of likely N-dealkylation sites (tertiary alicyclic amines) is 1. The first kappa shape index (κ1) is 19.6. The Morgan fingerprint density at radius 1 is 1.20 bits per heavy atom. The lowest BCUT2D eigenvalue weighted by atomic mass is 9.88. The Hall–Kier alpha value is -1.75. The van der Waals surface area contributed by atoms with Gasteiger partial charge in [-0.05, 0) is 57.6 Å². The molecule has 1 amide bonds. The molecule has 0 N–H and O–H groups in total. The van der Waals surface area contributed by atoms with Gasteiger partial charge in [0.2, 0.25) is 0 Å². The van der Waals surface area contributed by atoms with Crippen LogP contribution in [0.25, 0.3) is 0 Å². The normalized spacial score (nSPS) is 15.8. The van der Waals surface area contributed by atoms with Gasteiger partial charge in [0.15, 0.2) is 6.07 Å². The standard InChI is InChI=1S/C19H26ClNO4/c1-19(2,3)25-18(23)21-10-8-14(9-11-21)12-15-6-4-5-7-16(15)17(22)24-13-20/h4-7,14H,8-13H2,1-3H3. The Labute approximate surface area is 154 Å². The third-order valence-electron chi connectivity index (χ3n) is 4.20. The number of rotatable bonds is 4. The van der Waals surface area contributed by atoms with Crippen LogP contribution in [0.1, 0.15) is 49.5 Å². The van der Waals surface area contributed by atoms with E-state index in [-0.39, 0.29) is 12.2 Å². The zero-order valence-electron chi connectivity index (χ0n) is 15.1. The average Bonchev–Trinajstić information content (AvgIpc) is 2.54. The van der Waals surface area contributed by atoms with Crippen molar-refractivity contribution in [3.05, 3.63) is 35.4 Å². The fourth-order valence-corrected chi connectivity index (χ4v) is 3.08. The molecule has 138 valence electrons. The highest BCUT2D eigenvalue weighted by Gasteiger charge is 2.27. The number of nitrogens with zero attached hydrogens (tertiary/aromatic N) is 1. The number of hydrogen-bond acceptors (Lipinski definition) is 4. The topological polar surface area (TPSA) is 55.8 Å². The minimum Gasteiger partial charge on any atom is -0.446 e. The van der Waals surface area contributed by atoms with E-state index in [1.54, 1.807) is 11.0 Å². The molecular weight excluding hydrogens is 342 g/mol. The Morgan fingerprint density at radius 2 is 1.84 bits per heavy atom. The van der Waals surface area contributed by atoms with Crippen LogP contribution < -0.4 is 0 Å². The second-order valence-corrected chi connectivity index (χ2v) is 7.53. The molecule has 0 aliphatic carbocycles. The lowest BCUT2D eigenvalue weighted by Gasteiger charge is -2.33. The smallest absolute Gasteiger partial charge is 0.410 e. The van der Waals surface area contributed by atoms with E-state index in [9.17, 15) is 9.59 Å². The Kier molecular flexibility index (Phi) is 6.71. The minimum atomic E-state index is -0.477. The highest BCUT2D eigenvalue weighted by atomic mass is 35.5. The molecule has 1 aromatic rings. The van der Waals surface area contributed by atoms with Crippen LogP contribution in [-0.2, 0) is 15.9 Å². The number of piperidine rings is 1. The summed E-state index contributed by atoms with van der Waals surface area (Å²) in [5, 5.41) is 0. The quantitative estimate of drug-likeness (QED) is 0.590. The van der Waals surface area contributed by atoms with Crippen molar-refractivity contribution in [3.8, 4) is 0 Å². The summed E-state index contributed by atoms with van der Waals surface area (Å²) in [5.41, 5.74) is 1.06. The zero-order chi connectivity index (χ0) is 18.4. The summed E-state index contributed by atoms with van der Waals surface area (Å²) in [6.07, 6.45) is 2.31. The molecule has 0 saturated carbocycles. The van der Waals surface area contributed by atoms with Gasteiger partial charge in [0.1, 0.15) is 5.60 Å². The number of amides is 1. The third-order valence-corrected chi connectivity index (χ3v) is 4.31. The molecule has 0 radical (unpaired) electrons. The first-order chi connectivity index (χ1) is 11.8. The lowest BCUT2D eigenvalue weighted by molar-refractivity contribution is 0.0184. The van der Waals surface area contributed by atoms with Gasteiger partial charge in [-0.25, -0.2) is 9.59 Å². The number of ether oxygens (including phenoxy) is 2. The fourth-order valence-electron chi connectivity index (χ4n) is 2.98. The van der Waals surface area contributed by atoms with E-state index in [4.69, 9.17) is 21.1 Å². The van der Waals surface area contributed by atoms with Gasteiger partial charge in [-0.15, -0.1) is 0 Å². The molecule has 1 aliphatic rings. The summed E-state index contributed by atoms with van der Waals surface area (Å²) < 4.78 is 10.3. The van der Waals surface area contributed by atoms with Gasteiger partial charge in [-0.2, -0.15) is 0 Å². The number of halogens is 1. The van der Waals surface area contributed by atoms with Crippen molar-refractivity contribution in [2.75, 3.05) is 19.2 Å². The molecular formula is C19H26ClNO4. The molecule has 6 heteroatoms. The van der Waals surface area contributed by atoms with Crippen molar-refractivity contribution in [3.63, 3.8) is 0 Å². The molecule has 1 heterocycles. The Bertz CT molecular complexity index is 604. The molecule has 1 fully saturated rings. The van der Waals surface area contributed by atoms with Crippen LogP contribution in [0.2, 0.25) is 0 Å². The third kappa shape index (κ3) is 5.92. The van der Waals surface area contributed by atoms with Gasteiger partial charge in [0.25, 0.3) is 0 Å². The molecule has 0 spiro atoms. The van der Waals surface area contributed by atoms with Crippen LogP contribution in [0, 0.1) is 5.92 Å². The van der Waals surface area contributed by atoms with Crippen molar-refractivity contribution in [1.82, 2.24) is 4.90 Å². The monoisotopic (exact) mass is 367 g/mol. The SMILES string of the molecule is CC(C)(C)OC(=O)N1CCC(Cc2ccccc2C(=O)OCCl)CC1. The highest BCUT2D eigenvalue weighted by molar-refractivity contribution is 6.17. The summed E-state index contributed by atoms with van der Waals surface area (Å²) in [6.45, 7) is 6.96. The minimum absolute atomic E-state index is 0.151. The summed E-state index contributed by atoms with van der Waals surface area (Å²) in [7, 11) is 0. The molecule has 25 heavy (non-hydrogen) atoms. The average molecular weight is 368 g/mol. The number of carbonyl (C=O) groups is 2. The van der Waals surface area contributed by atoms with Crippen LogP contribution in [0.4, 0.5) is 4.79 Å². The first-order valence-electron chi connectivity index (χ1n) is 8.59. The molecule has 1 aliphatic heterocycles.